The smallest absolute Gasteiger partial charge is 0.0582 e. The van der Waals surface area contributed by atoms with E-state index in [4.69, 9.17) is 0 Å². The van der Waals surface area contributed by atoms with Crippen LogP contribution in [0.4, 0.5) is 0 Å². The van der Waals surface area contributed by atoms with Crippen molar-refractivity contribution in [3.05, 3.63) is 187 Å². The van der Waals surface area contributed by atoms with Crippen LogP contribution in [0, 0.1) is 23.7 Å². The molecule has 4 heterocycles. The summed E-state index contributed by atoms with van der Waals surface area (Å²) in [5.41, 5.74) is 17.2. The van der Waals surface area contributed by atoms with E-state index in [1.165, 1.54) is 126 Å². The first-order chi connectivity index (χ1) is 30.2. The lowest BCUT2D eigenvalue weighted by Crippen LogP contribution is -2.57. The zero-order valence-electron chi connectivity index (χ0n) is 33.9. The Bertz CT molecular complexity index is 3550. The van der Waals surface area contributed by atoms with Crippen molar-refractivity contribution in [2.45, 2.75) is 37.5 Å². The third-order valence-electron chi connectivity index (χ3n) is 16.2. The lowest BCUT2D eigenvalue weighted by Gasteiger charge is -2.63. The number of hydrogen-bond acceptors (Lipinski definition) is 0. The average Bonchev–Trinajstić information content (AvgIpc) is 3.95. The van der Waals surface area contributed by atoms with Gasteiger partial charge in [0.05, 0.1) is 44.5 Å². The number of benzene rings is 8. The Morgan fingerprint density at radius 3 is 1.54 bits per heavy atom. The third-order valence-corrected chi connectivity index (χ3v) is 16.2. The summed E-state index contributed by atoms with van der Waals surface area (Å²) in [6, 6.07) is 67.0. The molecule has 5 aliphatic rings. The summed E-state index contributed by atoms with van der Waals surface area (Å²) < 4.78 is 7.66. The summed E-state index contributed by atoms with van der Waals surface area (Å²) in [6.07, 6.45) is 6.89. The molecule has 3 aromatic heterocycles. The average molecular weight is 782 g/mol. The molecule has 61 heavy (non-hydrogen) atoms. The molecule has 3 nitrogen and oxygen atoms in total. The molecule has 3 heteroatoms. The Kier molecular flexibility index (Phi) is 6.32. The van der Waals surface area contributed by atoms with Gasteiger partial charge in [0, 0.05) is 49.0 Å². The number of fused-ring (bicyclic) bond motifs is 11. The van der Waals surface area contributed by atoms with Gasteiger partial charge in [0.25, 0.3) is 0 Å². The van der Waals surface area contributed by atoms with Crippen molar-refractivity contribution in [1.29, 1.82) is 0 Å². The van der Waals surface area contributed by atoms with E-state index in [9.17, 15) is 0 Å². The quantitative estimate of drug-likeness (QED) is 0.170. The Morgan fingerprint density at radius 2 is 0.902 bits per heavy atom. The van der Waals surface area contributed by atoms with Crippen LogP contribution >= 0.6 is 0 Å². The van der Waals surface area contributed by atoms with Gasteiger partial charge in [0.15, 0.2) is 0 Å². The third kappa shape index (κ3) is 4.10. The zero-order valence-corrected chi connectivity index (χ0v) is 33.9. The van der Waals surface area contributed by atoms with Gasteiger partial charge in [-0.15, -0.1) is 0 Å². The van der Waals surface area contributed by atoms with Crippen molar-refractivity contribution >= 4 is 65.4 Å². The highest BCUT2D eigenvalue weighted by Crippen LogP contribution is 2.68. The van der Waals surface area contributed by atoms with Crippen molar-refractivity contribution in [3.8, 4) is 28.2 Å². The lowest BCUT2D eigenvalue weighted by atomic mass is 9.41. The first-order valence-electron chi connectivity index (χ1n) is 22.5. The molecule has 1 spiro atoms. The highest BCUT2D eigenvalue weighted by atomic mass is 15.0. The molecule has 8 aromatic carbocycles. The molecule has 0 N–H and O–H groups in total. The fourth-order valence-electron chi connectivity index (χ4n) is 14.3. The van der Waals surface area contributed by atoms with E-state index in [0.29, 0.717) is 11.8 Å². The Hall–Kier alpha value is -6.84. The Morgan fingerprint density at radius 1 is 0.361 bits per heavy atom. The van der Waals surface area contributed by atoms with Crippen LogP contribution in [-0.2, 0) is 5.41 Å². The predicted molar refractivity (Wildman–Crippen MR) is 253 cm³/mol. The fraction of sp³-hybridized carbons (Fsp3) is 0.172. The van der Waals surface area contributed by atoms with Crippen molar-refractivity contribution in [3.63, 3.8) is 0 Å². The predicted octanol–water partition coefficient (Wildman–Crippen LogP) is 14.7. The van der Waals surface area contributed by atoms with Crippen molar-refractivity contribution in [2.75, 3.05) is 0 Å². The highest BCUT2D eigenvalue weighted by molar-refractivity contribution is 6.14. The molecule has 1 aliphatic heterocycles. The molecule has 0 amide bonds. The summed E-state index contributed by atoms with van der Waals surface area (Å²) in [5, 5.41) is 7.89. The minimum absolute atomic E-state index is 0.0210. The molecule has 4 fully saturated rings. The molecule has 4 saturated carbocycles. The summed E-state index contributed by atoms with van der Waals surface area (Å²) in [7, 11) is 0. The number of rotatable bonds is 3. The van der Waals surface area contributed by atoms with Crippen molar-refractivity contribution in [2.24, 2.45) is 23.7 Å². The number of hydrogen-bond donors (Lipinski definition) is 0. The summed E-state index contributed by atoms with van der Waals surface area (Å²) >= 11 is 0. The molecule has 11 aromatic rings. The maximum Gasteiger partial charge on any atom is 0.0582 e. The second-order valence-electron chi connectivity index (χ2n) is 18.9. The standard InChI is InChI=1S/C58H43N3/c1-6-19-50(60-53-22-9-4-15-44(53)45-16-5-10-23-54(45)60)41(12-1)37-24-26-48-56(33-37)61-55-27-25-40(59-51-20-7-2-13-42(51)43-14-3-8-21-52(43)59)34-47(55)46-17-11-18-49(57(46)61)58(48)38-29-35-28-36(31-38)32-39(58)30-35/h1-27,33-36,38-39H,28-32H2. The van der Waals surface area contributed by atoms with Crippen LogP contribution in [0.3, 0.4) is 0 Å². The van der Waals surface area contributed by atoms with Crippen molar-refractivity contribution in [1.82, 2.24) is 13.7 Å². The fourth-order valence-corrected chi connectivity index (χ4v) is 14.3. The van der Waals surface area contributed by atoms with Crippen LogP contribution in [0.1, 0.15) is 43.2 Å². The van der Waals surface area contributed by atoms with E-state index in [0.717, 1.165) is 11.8 Å². The van der Waals surface area contributed by atoms with Crippen LogP contribution in [-0.4, -0.2) is 13.7 Å². The SMILES string of the molecule is c1ccc(-n2c3ccccc3c3ccccc32)c(-c2ccc3c(c2)-n2c4ccc(-n5c6ccccc6c6ccccc65)cc4c4cccc(c42)C32C3CC4CC(C3)CC2C4)c1. The molecule has 0 radical (unpaired) electrons. The molecular weight excluding hydrogens is 739 g/mol. The van der Waals surface area contributed by atoms with E-state index in [1.54, 1.807) is 11.1 Å². The number of para-hydroxylation sites is 6. The van der Waals surface area contributed by atoms with Gasteiger partial charge in [-0.25, -0.2) is 0 Å². The molecule has 0 atom stereocenters. The number of aromatic nitrogens is 3. The lowest BCUT2D eigenvalue weighted by molar-refractivity contribution is -0.0418. The molecule has 0 unspecified atom stereocenters. The van der Waals surface area contributed by atoms with E-state index in [2.05, 4.69) is 190 Å². The van der Waals surface area contributed by atoms with Gasteiger partial charge < -0.3 is 13.7 Å². The van der Waals surface area contributed by atoms with Gasteiger partial charge in [0.1, 0.15) is 0 Å². The first-order valence-corrected chi connectivity index (χ1v) is 22.5. The molecule has 4 aliphatic carbocycles. The minimum Gasteiger partial charge on any atom is -0.309 e. The van der Waals surface area contributed by atoms with Crippen LogP contribution in [0.15, 0.2) is 176 Å². The minimum atomic E-state index is 0.0210. The van der Waals surface area contributed by atoms with Gasteiger partial charge in [-0.2, -0.15) is 0 Å². The summed E-state index contributed by atoms with van der Waals surface area (Å²) in [6.45, 7) is 0. The Labute approximate surface area is 354 Å². The van der Waals surface area contributed by atoms with E-state index in [-0.39, 0.29) is 5.41 Å². The van der Waals surface area contributed by atoms with Crippen LogP contribution in [0.2, 0.25) is 0 Å². The largest absolute Gasteiger partial charge is 0.309 e. The van der Waals surface area contributed by atoms with Gasteiger partial charge in [-0.3, -0.25) is 0 Å². The normalized spacial score (nSPS) is 22.5. The maximum absolute atomic E-state index is 2.69. The van der Waals surface area contributed by atoms with E-state index in [1.807, 2.05) is 0 Å². The van der Waals surface area contributed by atoms with Gasteiger partial charge in [-0.1, -0.05) is 121 Å². The molecule has 290 valence electrons. The van der Waals surface area contributed by atoms with Gasteiger partial charge in [-0.05, 0) is 127 Å². The van der Waals surface area contributed by atoms with E-state index >= 15 is 0 Å². The summed E-state index contributed by atoms with van der Waals surface area (Å²) in [5.74, 6) is 3.11. The van der Waals surface area contributed by atoms with Crippen LogP contribution < -0.4 is 0 Å². The molecule has 4 bridgehead atoms. The van der Waals surface area contributed by atoms with Gasteiger partial charge in [0.2, 0.25) is 0 Å². The first kappa shape index (κ1) is 32.9. The number of nitrogens with zero attached hydrogens (tertiary/aromatic N) is 3. The highest BCUT2D eigenvalue weighted by Gasteiger charge is 2.61. The Balaban J connectivity index is 1.02. The van der Waals surface area contributed by atoms with E-state index < -0.39 is 0 Å². The second-order valence-corrected chi connectivity index (χ2v) is 18.9. The molecule has 16 rings (SSSR count). The molecular formula is C58H43N3. The topological polar surface area (TPSA) is 14.8 Å². The van der Waals surface area contributed by atoms with Crippen LogP contribution in [0.25, 0.3) is 93.6 Å². The monoisotopic (exact) mass is 781 g/mol. The zero-order chi connectivity index (χ0) is 39.6. The second kappa shape index (κ2) is 11.7. The van der Waals surface area contributed by atoms with Crippen molar-refractivity contribution < 1.29 is 0 Å². The van der Waals surface area contributed by atoms with Crippen LogP contribution in [0.5, 0.6) is 0 Å². The summed E-state index contributed by atoms with van der Waals surface area (Å²) in [4.78, 5) is 0. The maximum atomic E-state index is 2.69. The van der Waals surface area contributed by atoms with Gasteiger partial charge >= 0.3 is 0 Å². The molecule has 0 saturated heterocycles.